The molecule has 0 aromatic heterocycles. The summed E-state index contributed by atoms with van der Waals surface area (Å²) in [6.07, 6.45) is -2.79. The van der Waals surface area contributed by atoms with E-state index in [0.717, 1.165) is 18.4 Å². The van der Waals surface area contributed by atoms with Gasteiger partial charge in [-0.2, -0.15) is 13.2 Å². The monoisotopic (exact) mass is 273 g/mol. The normalized spacial score (nSPS) is 15.3. The average Bonchev–Trinajstić information content (AvgIpc) is 2.27. The first-order valence-corrected chi connectivity index (χ1v) is 6.73. The van der Waals surface area contributed by atoms with Crippen molar-refractivity contribution in [3.8, 4) is 0 Å². The van der Waals surface area contributed by atoms with Crippen molar-refractivity contribution in [3.05, 3.63) is 35.4 Å². The Hall–Kier alpha value is -1.03. The molecule has 1 aromatic rings. The highest BCUT2D eigenvalue weighted by molar-refractivity contribution is 5.24. The number of aryl methyl sites for hydroxylation is 1. The fourth-order valence-corrected chi connectivity index (χ4v) is 2.19. The summed E-state index contributed by atoms with van der Waals surface area (Å²) in [5.41, 5.74) is 2.29. The summed E-state index contributed by atoms with van der Waals surface area (Å²) < 4.78 is 36.8. The summed E-state index contributed by atoms with van der Waals surface area (Å²) >= 11 is 0. The van der Waals surface area contributed by atoms with Gasteiger partial charge in [0.05, 0.1) is 6.42 Å². The third kappa shape index (κ3) is 6.10. The van der Waals surface area contributed by atoms with Crippen LogP contribution in [0.4, 0.5) is 13.2 Å². The molecule has 4 heteroatoms. The van der Waals surface area contributed by atoms with Crippen LogP contribution in [0.15, 0.2) is 24.3 Å². The topological polar surface area (TPSA) is 12.0 Å². The molecule has 0 bridgehead atoms. The second kappa shape index (κ2) is 6.94. The first-order valence-electron chi connectivity index (χ1n) is 6.73. The first-order chi connectivity index (χ1) is 8.81. The minimum Gasteiger partial charge on any atom is -0.307 e. The van der Waals surface area contributed by atoms with Gasteiger partial charge in [-0.05, 0) is 31.4 Å². The molecule has 0 aliphatic rings. The van der Waals surface area contributed by atoms with Gasteiger partial charge in [-0.3, -0.25) is 0 Å². The molecular weight excluding hydrogens is 251 g/mol. The van der Waals surface area contributed by atoms with Crippen LogP contribution in [0.5, 0.6) is 0 Å². The number of benzene rings is 1. The van der Waals surface area contributed by atoms with Crippen molar-refractivity contribution in [2.75, 3.05) is 0 Å². The second-order valence-electron chi connectivity index (χ2n) is 5.10. The van der Waals surface area contributed by atoms with Crippen LogP contribution >= 0.6 is 0 Å². The zero-order chi connectivity index (χ0) is 14.5. The molecule has 1 rings (SSSR count). The zero-order valence-electron chi connectivity index (χ0n) is 11.7. The van der Waals surface area contributed by atoms with Crippen LogP contribution < -0.4 is 5.32 Å². The highest BCUT2D eigenvalue weighted by atomic mass is 19.4. The van der Waals surface area contributed by atoms with E-state index in [9.17, 15) is 13.2 Å². The van der Waals surface area contributed by atoms with Crippen molar-refractivity contribution in [1.29, 1.82) is 0 Å². The molecule has 0 radical (unpaired) electrons. The van der Waals surface area contributed by atoms with Crippen molar-refractivity contribution in [2.45, 2.75) is 58.3 Å². The van der Waals surface area contributed by atoms with Gasteiger partial charge in [0.2, 0.25) is 0 Å². The van der Waals surface area contributed by atoms with Crippen LogP contribution in [0.1, 0.15) is 50.8 Å². The number of alkyl halides is 3. The third-order valence-corrected chi connectivity index (χ3v) is 3.09. The maximum atomic E-state index is 12.3. The third-order valence-electron chi connectivity index (χ3n) is 3.09. The Balaban J connectivity index is 2.55. The van der Waals surface area contributed by atoms with Crippen LogP contribution in [0, 0.1) is 0 Å². The van der Waals surface area contributed by atoms with Gasteiger partial charge >= 0.3 is 6.18 Å². The van der Waals surface area contributed by atoms with E-state index in [1.54, 1.807) is 6.92 Å². The molecule has 19 heavy (non-hydrogen) atoms. The van der Waals surface area contributed by atoms with Crippen LogP contribution in [0.25, 0.3) is 0 Å². The van der Waals surface area contributed by atoms with E-state index < -0.39 is 18.6 Å². The summed E-state index contributed by atoms with van der Waals surface area (Å²) in [6, 6.07) is 7.42. The van der Waals surface area contributed by atoms with E-state index in [1.165, 1.54) is 5.56 Å². The number of hydrogen-bond acceptors (Lipinski definition) is 1. The molecule has 108 valence electrons. The summed E-state index contributed by atoms with van der Waals surface area (Å²) in [5, 5.41) is 2.98. The van der Waals surface area contributed by atoms with Gasteiger partial charge in [-0.25, -0.2) is 0 Å². The predicted molar refractivity (Wildman–Crippen MR) is 72.1 cm³/mol. The molecular formula is C15H22F3N. The molecule has 0 heterocycles. The van der Waals surface area contributed by atoms with Gasteiger partial charge in [-0.15, -0.1) is 0 Å². The van der Waals surface area contributed by atoms with Gasteiger partial charge in [0.1, 0.15) is 0 Å². The lowest BCUT2D eigenvalue weighted by Gasteiger charge is -2.21. The Kier molecular flexibility index (Phi) is 5.85. The van der Waals surface area contributed by atoms with Gasteiger partial charge < -0.3 is 5.32 Å². The maximum absolute atomic E-state index is 12.3. The molecule has 2 atom stereocenters. The van der Waals surface area contributed by atoms with E-state index in [1.807, 2.05) is 31.2 Å². The number of halogens is 3. The summed E-state index contributed by atoms with van der Waals surface area (Å²) in [6.45, 7) is 5.58. The molecule has 0 amide bonds. The molecule has 0 spiro atoms. The molecule has 0 aliphatic heterocycles. The van der Waals surface area contributed by atoms with Crippen LogP contribution in [0.2, 0.25) is 0 Å². The van der Waals surface area contributed by atoms with Gasteiger partial charge in [0.25, 0.3) is 0 Å². The Morgan fingerprint density at radius 2 is 1.68 bits per heavy atom. The fourth-order valence-electron chi connectivity index (χ4n) is 2.19. The molecule has 0 saturated carbocycles. The molecule has 0 fully saturated rings. The summed E-state index contributed by atoms with van der Waals surface area (Å²) in [5.74, 6) is 0. The van der Waals surface area contributed by atoms with Crippen molar-refractivity contribution in [3.63, 3.8) is 0 Å². The van der Waals surface area contributed by atoms with Gasteiger partial charge in [0, 0.05) is 12.1 Å². The summed E-state index contributed by atoms with van der Waals surface area (Å²) in [4.78, 5) is 0. The largest absolute Gasteiger partial charge is 0.390 e. The lowest BCUT2D eigenvalue weighted by Crippen LogP contribution is -2.33. The van der Waals surface area contributed by atoms with Crippen molar-refractivity contribution >= 4 is 0 Å². The smallest absolute Gasteiger partial charge is 0.307 e. The van der Waals surface area contributed by atoms with Crippen LogP contribution in [0.3, 0.4) is 0 Å². The van der Waals surface area contributed by atoms with Crippen molar-refractivity contribution in [2.24, 2.45) is 0 Å². The Labute approximate surface area is 113 Å². The van der Waals surface area contributed by atoms with E-state index in [4.69, 9.17) is 0 Å². The van der Waals surface area contributed by atoms with Gasteiger partial charge in [0.15, 0.2) is 0 Å². The lowest BCUT2D eigenvalue weighted by molar-refractivity contribution is -0.139. The van der Waals surface area contributed by atoms with E-state index in [-0.39, 0.29) is 6.04 Å². The van der Waals surface area contributed by atoms with E-state index in [2.05, 4.69) is 12.2 Å². The number of hydrogen-bond donors (Lipinski definition) is 1. The standard InChI is InChI=1S/C15H22F3N/c1-4-5-13-6-8-14(9-7-13)12(3)19-11(2)10-15(16,17)18/h6-9,11-12,19H,4-5,10H2,1-3H3. The minimum absolute atomic E-state index is 0.0759. The van der Waals surface area contributed by atoms with Crippen molar-refractivity contribution < 1.29 is 13.2 Å². The number of rotatable bonds is 6. The minimum atomic E-state index is -4.11. The second-order valence-corrected chi connectivity index (χ2v) is 5.10. The Bertz CT molecular complexity index is 370. The van der Waals surface area contributed by atoms with Crippen molar-refractivity contribution in [1.82, 2.24) is 5.32 Å². The quantitative estimate of drug-likeness (QED) is 0.796. The maximum Gasteiger partial charge on any atom is 0.390 e. The predicted octanol–water partition coefficient (Wildman–Crippen LogP) is 4.63. The molecule has 2 unspecified atom stereocenters. The first kappa shape index (κ1) is 16.0. The summed E-state index contributed by atoms with van der Waals surface area (Å²) in [7, 11) is 0. The highest BCUT2D eigenvalue weighted by Crippen LogP contribution is 2.23. The molecule has 1 N–H and O–H groups in total. The highest BCUT2D eigenvalue weighted by Gasteiger charge is 2.30. The van der Waals surface area contributed by atoms with E-state index >= 15 is 0 Å². The lowest BCUT2D eigenvalue weighted by atomic mass is 10.0. The van der Waals surface area contributed by atoms with E-state index in [0.29, 0.717) is 0 Å². The fraction of sp³-hybridized carbons (Fsp3) is 0.600. The molecule has 1 nitrogen and oxygen atoms in total. The zero-order valence-corrected chi connectivity index (χ0v) is 11.7. The average molecular weight is 273 g/mol. The molecule has 0 aliphatic carbocycles. The molecule has 0 saturated heterocycles. The van der Waals surface area contributed by atoms with Crippen LogP contribution in [-0.4, -0.2) is 12.2 Å². The number of nitrogens with one attached hydrogen (secondary N) is 1. The molecule has 1 aromatic carbocycles. The van der Waals surface area contributed by atoms with Crippen LogP contribution in [-0.2, 0) is 6.42 Å². The Morgan fingerprint density at radius 3 is 2.16 bits per heavy atom. The Morgan fingerprint density at radius 1 is 1.11 bits per heavy atom. The SMILES string of the molecule is CCCc1ccc(C(C)NC(C)CC(F)(F)F)cc1. The van der Waals surface area contributed by atoms with Gasteiger partial charge in [-0.1, -0.05) is 37.6 Å².